The van der Waals surface area contributed by atoms with E-state index in [1.54, 1.807) is 12.1 Å². The van der Waals surface area contributed by atoms with Crippen molar-refractivity contribution in [3.8, 4) is 11.4 Å². The predicted molar refractivity (Wildman–Crippen MR) is 92.0 cm³/mol. The van der Waals surface area contributed by atoms with Gasteiger partial charge >= 0.3 is 6.18 Å². The number of fused-ring (bicyclic) bond motifs is 1. The maximum Gasteiger partial charge on any atom is 0.435 e. The quantitative estimate of drug-likeness (QED) is 0.496. The zero-order valence-electron chi connectivity index (χ0n) is 14.9. The second kappa shape index (κ2) is 6.50. The number of rotatable bonds is 3. The number of hydrogen-bond acceptors (Lipinski definition) is 4. The first-order valence-corrected chi connectivity index (χ1v) is 8.38. The second-order valence-corrected chi connectivity index (χ2v) is 6.44. The Balaban J connectivity index is 1.76. The Morgan fingerprint density at radius 3 is 2.21 bits per heavy atom. The van der Waals surface area contributed by atoms with Gasteiger partial charge in [-0.15, -0.1) is 0 Å². The molecule has 0 atom stereocenters. The van der Waals surface area contributed by atoms with Crippen LogP contribution in [0.1, 0.15) is 32.0 Å². The lowest BCUT2D eigenvalue weighted by Crippen LogP contribution is -2.29. The van der Waals surface area contributed by atoms with E-state index in [1.807, 2.05) is 0 Å². The van der Waals surface area contributed by atoms with Crippen molar-refractivity contribution in [2.45, 2.75) is 12.7 Å². The molecule has 1 aromatic carbocycles. The molecular weight excluding hydrogens is 392 g/mol. The highest BCUT2D eigenvalue weighted by molar-refractivity contribution is 6.21. The van der Waals surface area contributed by atoms with Crippen LogP contribution < -0.4 is 0 Å². The highest BCUT2D eigenvalue weighted by Gasteiger charge is 2.37. The average Bonchev–Trinajstić information content (AvgIpc) is 3.16. The summed E-state index contributed by atoms with van der Waals surface area (Å²) in [6, 6.07) is 8.03. The molecule has 0 saturated carbocycles. The Morgan fingerprint density at radius 2 is 1.66 bits per heavy atom. The van der Waals surface area contributed by atoms with Crippen molar-refractivity contribution < 1.29 is 27.2 Å². The number of amides is 2. The first-order valence-electron chi connectivity index (χ1n) is 8.38. The van der Waals surface area contributed by atoms with Gasteiger partial charge in [0.05, 0.1) is 35.3 Å². The molecule has 148 valence electrons. The molecule has 2 amide bonds. The maximum atomic E-state index is 13.8. The van der Waals surface area contributed by atoms with Gasteiger partial charge in [0.1, 0.15) is 5.82 Å². The number of nitrogens with zero attached hydrogens (tertiary/aromatic N) is 4. The van der Waals surface area contributed by atoms with Crippen LogP contribution in [0.2, 0.25) is 0 Å². The Bertz CT molecular complexity index is 1120. The van der Waals surface area contributed by atoms with Gasteiger partial charge in [-0.25, -0.2) is 4.39 Å². The van der Waals surface area contributed by atoms with Gasteiger partial charge in [-0.05, 0) is 24.3 Å². The van der Waals surface area contributed by atoms with E-state index in [-0.39, 0.29) is 34.6 Å². The normalized spacial score (nSPS) is 13.9. The first-order chi connectivity index (χ1) is 13.7. The van der Waals surface area contributed by atoms with Gasteiger partial charge in [0.2, 0.25) is 0 Å². The molecule has 3 heterocycles. The van der Waals surface area contributed by atoms with Gasteiger partial charge in [0.15, 0.2) is 5.69 Å². The lowest BCUT2D eigenvalue weighted by molar-refractivity contribution is -0.141. The van der Waals surface area contributed by atoms with Crippen molar-refractivity contribution >= 4 is 11.8 Å². The van der Waals surface area contributed by atoms with Crippen molar-refractivity contribution in [1.29, 1.82) is 0 Å². The number of carbonyl (C=O) groups excluding carboxylic acids is 2. The minimum atomic E-state index is -4.67. The van der Waals surface area contributed by atoms with Crippen LogP contribution >= 0.6 is 0 Å². The lowest BCUT2D eigenvalue weighted by atomic mass is 10.1. The molecule has 0 saturated heterocycles. The summed E-state index contributed by atoms with van der Waals surface area (Å²) in [5.41, 5.74) is -0.659. The van der Waals surface area contributed by atoms with Crippen LogP contribution in [-0.4, -0.2) is 31.5 Å². The van der Waals surface area contributed by atoms with Gasteiger partial charge < -0.3 is 0 Å². The van der Waals surface area contributed by atoms with Gasteiger partial charge in [-0.2, -0.15) is 18.3 Å². The molecule has 6 nitrogen and oxygen atoms in total. The summed E-state index contributed by atoms with van der Waals surface area (Å²) in [5.74, 6) is -1.89. The standard InChI is InChI=1S/C19H12F4N4O2/c1-26-14(7-15(25-26)19(21,22)23)16-10(6-11(20)8-24-16)9-27-17(28)12-4-2-3-5-13(12)18(27)29/h2-8H,9H2,1H3. The molecule has 29 heavy (non-hydrogen) atoms. The SMILES string of the molecule is Cn1nc(C(F)(F)F)cc1-c1ncc(F)cc1CN1C(=O)c2ccccc2C1=O. The first kappa shape index (κ1) is 18.8. The van der Waals surface area contributed by atoms with Crippen LogP contribution in [0.4, 0.5) is 17.6 Å². The minimum absolute atomic E-state index is 0.00606. The molecule has 1 aliphatic rings. The summed E-state index contributed by atoms with van der Waals surface area (Å²) < 4.78 is 53.8. The van der Waals surface area contributed by atoms with Gasteiger partial charge in [0.25, 0.3) is 11.8 Å². The van der Waals surface area contributed by atoms with Gasteiger partial charge in [-0.3, -0.25) is 24.2 Å². The van der Waals surface area contributed by atoms with Crippen molar-refractivity contribution in [2.24, 2.45) is 7.05 Å². The fraction of sp³-hybridized carbons (Fsp3) is 0.158. The number of halogens is 4. The number of aromatic nitrogens is 3. The summed E-state index contributed by atoms with van der Waals surface area (Å²) in [6.45, 7) is -0.348. The third-order valence-corrected chi connectivity index (χ3v) is 4.55. The van der Waals surface area contributed by atoms with Crippen LogP contribution in [0, 0.1) is 5.82 Å². The molecular formula is C19H12F4N4O2. The van der Waals surface area contributed by atoms with E-state index >= 15 is 0 Å². The van der Waals surface area contributed by atoms with E-state index in [9.17, 15) is 27.2 Å². The molecule has 0 unspecified atom stereocenters. The van der Waals surface area contributed by atoms with E-state index in [2.05, 4.69) is 10.1 Å². The highest BCUT2D eigenvalue weighted by Crippen LogP contribution is 2.33. The molecule has 3 aromatic rings. The molecule has 0 radical (unpaired) electrons. The largest absolute Gasteiger partial charge is 0.435 e. The Kier molecular flexibility index (Phi) is 4.21. The number of benzene rings is 1. The van der Waals surface area contributed by atoms with Crippen LogP contribution in [0.25, 0.3) is 11.4 Å². The monoisotopic (exact) mass is 404 g/mol. The fourth-order valence-corrected chi connectivity index (χ4v) is 3.21. The van der Waals surface area contributed by atoms with E-state index in [0.29, 0.717) is 0 Å². The maximum absolute atomic E-state index is 13.8. The number of imide groups is 1. The molecule has 0 aliphatic carbocycles. The number of hydrogen-bond donors (Lipinski definition) is 0. The molecule has 1 aliphatic heterocycles. The Labute approximate surface area is 161 Å². The van der Waals surface area contributed by atoms with Crippen LogP contribution in [-0.2, 0) is 19.8 Å². The summed E-state index contributed by atoms with van der Waals surface area (Å²) in [6.07, 6.45) is -3.82. The summed E-state index contributed by atoms with van der Waals surface area (Å²) in [4.78, 5) is 29.9. The predicted octanol–water partition coefficient (Wildman–Crippen LogP) is 3.44. The van der Waals surface area contributed by atoms with Crippen LogP contribution in [0.5, 0.6) is 0 Å². The Morgan fingerprint density at radius 1 is 1.03 bits per heavy atom. The average molecular weight is 404 g/mol. The summed E-state index contributed by atoms with van der Waals surface area (Å²) in [5, 5.41) is 3.43. The second-order valence-electron chi connectivity index (χ2n) is 6.44. The molecule has 2 aromatic heterocycles. The molecule has 0 spiro atoms. The fourth-order valence-electron chi connectivity index (χ4n) is 3.21. The van der Waals surface area contributed by atoms with E-state index in [4.69, 9.17) is 0 Å². The number of pyridine rings is 1. The molecule has 0 bridgehead atoms. The smallest absolute Gasteiger partial charge is 0.270 e. The van der Waals surface area contributed by atoms with Crippen molar-refractivity contribution in [2.75, 3.05) is 0 Å². The van der Waals surface area contributed by atoms with Crippen LogP contribution in [0.3, 0.4) is 0 Å². The topological polar surface area (TPSA) is 68.1 Å². The Hall–Kier alpha value is -3.56. The molecule has 0 N–H and O–H groups in total. The number of carbonyl (C=O) groups is 2. The lowest BCUT2D eigenvalue weighted by Gasteiger charge is -2.16. The molecule has 0 fully saturated rings. The summed E-state index contributed by atoms with van der Waals surface area (Å²) in [7, 11) is 1.29. The molecule has 10 heteroatoms. The van der Waals surface area contributed by atoms with Crippen molar-refractivity contribution in [3.63, 3.8) is 0 Å². The summed E-state index contributed by atoms with van der Waals surface area (Å²) >= 11 is 0. The number of aryl methyl sites for hydroxylation is 1. The van der Waals surface area contributed by atoms with Gasteiger partial charge in [-0.1, -0.05) is 12.1 Å². The van der Waals surface area contributed by atoms with E-state index in [0.717, 1.165) is 27.9 Å². The van der Waals surface area contributed by atoms with Crippen LogP contribution in [0.15, 0.2) is 42.6 Å². The van der Waals surface area contributed by atoms with Crippen molar-refractivity contribution in [3.05, 3.63) is 70.8 Å². The third kappa shape index (κ3) is 3.16. The molecule has 4 rings (SSSR count). The zero-order chi connectivity index (χ0) is 20.9. The van der Waals surface area contributed by atoms with Gasteiger partial charge in [0, 0.05) is 12.6 Å². The van der Waals surface area contributed by atoms with E-state index in [1.165, 1.54) is 19.2 Å². The van der Waals surface area contributed by atoms with E-state index < -0.39 is 29.5 Å². The third-order valence-electron chi connectivity index (χ3n) is 4.55. The highest BCUT2D eigenvalue weighted by atomic mass is 19.4. The number of alkyl halides is 3. The minimum Gasteiger partial charge on any atom is -0.270 e. The zero-order valence-corrected chi connectivity index (χ0v) is 14.9. The van der Waals surface area contributed by atoms with Crippen molar-refractivity contribution in [1.82, 2.24) is 19.7 Å².